The van der Waals surface area contributed by atoms with E-state index in [1.54, 1.807) is 22.5 Å². The molecule has 0 aliphatic rings. The standard InChI is InChI=1S/C23H20N2O2S/c26-22-18-23(27-16-17-28-21-14-8-3-9-15-21)25(20-12-6-2-7-13-20)24(22)19-10-4-1-5-11-19/h1-15,18H,16-17H2. The lowest BCUT2D eigenvalue weighted by molar-refractivity contribution is 0.316. The normalized spacial score (nSPS) is 10.7. The molecule has 0 aliphatic carbocycles. The molecule has 1 heterocycles. The summed E-state index contributed by atoms with van der Waals surface area (Å²) in [5.74, 6) is 1.33. The minimum absolute atomic E-state index is 0.124. The van der Waals surface area contributed by atoms with Crippen LogP contribution < -0.4 is 10.3 Å². The maximum atomic E-state index is 12.7. The average Bonchev–Trinajstić information content (AvgIpc) is 3.09. The summed E-state index contributed by atoms with van der Waals surface area (Å²) < 4.78 is 9.48. The first-order valence-electron chi connectivity index (χ1n) is 9.09. The fourth-order valence-electron chi connectivity index (χ4n) is 2.97. The van der Waals surface area contributed by atoms with E-state index in [4.69, 9.17) is 4.74 Å². The van der Waals surface area contributed by atoms with Crippen LogP contribution in [-0.4, -0.2) is 21.7 Å². The minimum atomic E-state index is -0.124. The zero-order valence-corrected chi connectivity index (χ0v) is 16.1. The second kappa shape index (κ2) is 8.67. The van der Waals surface area contributed by atoms with Crippen LogP contribution in [0.2, 0.25) is 0 Å². The van der Waals surface area contributed by atoms with Crippen LogP contribution in [0.5, 0.6) is 5.88 Å². The van der Waals surface area contributed by atoms with Gasteiger partial charge in [-0.1, -0.05) is 54.6 Å². The average molecular weight is 388 g/mol. The smallest absolute Gasteiger partial charge is 0.275 e. The molecule has 0 N–H and O–H groups in total. The van der Waals surface area contributed by atoms with Crippen LogP contribution in [0, 0.1) is 0 Å². The van der Waals surface area contributed by atoms with E-state index in [0.29, 0.717) is 12.5 Å². The van der Waals surface area contributed by atoms with Crippen LogP contribution in [0.15, 0.2) is 107 Å². The quantitative estimate of drug-likeness (QED) is 0.337. The molecule has 4 rings (SSSR count). The number of hydrogen-bond acceptors (Lipinski definition) is 3. The summed E-state index contributed by atoms with van der Waals surface area (Å²) in [6.07, 6.45) is 0. The van der Waals surface area contributed by atoms with E-state index in [9.17, 15) is 4.79 Å². The maximum absolute atomic E-state index is 12.7. The van der Waals surface area contributed by atoms with Gasteiger partial charge in [-0.15, -0.1) is 11.8 Å². The van der Waals surface area contributed by atoms with Crippen molar-refractivity contribution in [3.8, 4) is 17.3 Å². The molecule has 4 nitrogen and oxygen atoms in total. The summed E-state index contributed by atoms with van der Waals surface area (Å²) in [7, 11) is 0. The third-order valence-electron chi connectivity index (χ3n) is 4.21. The summed E-state index contributed by atoms with van der Waals surface area (Å²) in [5, 5.41) is 0. The van der Waals surface area contributed by atoms with Gasteiger partial charge in [0.2, 0.25) is 5.88 Å². The Morgan fingerprint density at radius 1 is 0.714 bits per heavy atom. The molecule has 0 radical (unpaired) electrons. The van der Waals surface area contributed by atoms with Crippen molar-refractivity contribution in [2.24, 2.45) is 0 Å². The van der Waals surface area contributed by atoms with Crippen LogP contribution in [0.4, 0.5) is 0 Å². The van der Waals surface area contributed by atoms with Crippen molar-refractivity contribution in [3.63, 3.8) is 0 Å². The minimum Gasteiger partial charge on any atom is -0.477 e. The molecule has 0 unspecified atom stereocenters. The lowest BCUT2D eigenvalue weighted by Crippen LogP contribution is -2.20. The van der Waals surface area contributed by atoms with Gasteiger partial charge in [-0.25, -0.2) is 9.36 Å². The van der Waals surface area contributed by atoms with E-state index < -0.39 is 0 Å². The SMILES string of the molecule is O=c1cc(OCCSc2ccccc2)n(-c2ccccc2)n1-c1ccccc1. The zero-order chi connectivity index (χ0) is 19.2. The fraction of sp³-hybridized carbons (Fsp3) is 0.0870. The Balaban J connectivity index is 1.61. The molecule has 0 atom stereocenters. The van der Waals surface area contributed by atoms with E-state index >= 15 is 0 Å². The van der Waals surface area contributed by atoms with Gasteiger partial charge in [0.05, 0.1) is 24.0 Å². The summed E-state index contributed by atoms with van der Waals surface area (Å²) in [6.45, 7) is 0.505. The van der Waals surface area contributed by atoms with Crippen molar-refractivity contribution in [2.75, 3.05) is 12.4 Å². The fourth-order valence-corrected chi connectivity index (χ4v) is 3.73. The maximum Gasteiger partial charge on any atom is 0.275 e. The second-order valence-corrected chi connectivity index (χ2v) is 7.29. The number of rotatable bonds is 7. The van der Waals surface area contributed by atoms with Gasteiger partial charge in [0.1, 0.15) is 0 Å². The Morgan fingerprint density at radius 3 is 1.86 bits per heavy atom. The van der Waals surface area contributed by atoms with Crippen molar-refractivity contribution in [1.82, 2.24) is 9.36 Å². The predicted octanol–water partition coefficient (Wildman–Crippen LogP) is 4.80. The molecule has 0 aliphatic heterocycles. The number of benzene rings is 3. The highest BCUT2D eigenvalue weighted by atomic mass is 32.2. The highest BCUT2D eigenvalue weighted by molar-refractivity contribution is 7.99. The third-order valence-corrected chi connectivity index (χ3v) is 5.19. The number of ether oxygens (including phenoxy) is 1. The van der Waals surface area contributed by atoms with Gasteiger partial charge in [-0.3, -0.25) is 4.79 Å². The highest BCUT2D eigenvalue weighted by Crippen LogP contribution is 2.21. The van der Waals surface area contributed by atoms with Crippen LogP contribution in [0.3, 0.4) is 0 Å². The Bertz CT molecular complexity index is 1070. The van der Waals surface area contributed by atoms with Gasteiger partial charge in [-0.05, 0) is 36.4 Å². The summed E-state index contributed by atoms with van der Waals surface area (Å²) >= 11 is 1.73. The van der Waals surface area contributed by atoms with Crippen LogP contribution in [-0.2, 0) is 0 Å². The second-order valence-electron chi connectivity index (χ2n) is 6.13. The molecule has 0 spiro atoms. The van der Waals surface area contributed by atoms with E-state index in [2.05, 4.69) is 12.1 Å². The van der Waals surface area contributed by atoms with Crippen LogP contribution >= 0.6 is 11.8 Å². The summed E-state index contributed by atoms with van der Waals surface area (Å²) in [6, 6.07) is 31.1. The van der Waals surface area contributed by atoms with E-state index in [-0.39, 0.29) is 5.56 Å². The molecule has 3 aromatic carbocycles. The predicted molar refractivity (Wildman–Crippen MR) is 114 cm³/mol. The van der Waals surface area contributed by atoms with Crippen molar-refractivity contribution >= 4 is 11.8 Å². The Hall–Kier alpha value is -3.18. The third kappa shape index (κ3) is 4.05. The molecule has 5 heteroatoms. The van der Waals surface area contributed by atoms with E-state index in [0.717, 1.165) is 17.1 Å². The first-order valence-corrected chi connectivity index (χ1v) is 10.1. The van der Waals surface area contributed by atoms with Crippen molar-refractivity contribution in [3.05, 3.63) is 107 Å². The zero-order valence-electron chi connectivity index (χ0n) is 15.3. The Morgan fingerprint density at radius 2 is 1.25 bits per heavy atom. The van der Waals surface area contributed by atoms with Gasteiger partial charge in [0, 0.05) is 10.6 Å². The lowest BCUT2D eigenvalue weighted by Gasteiger charge is -2.15. The first kappa shape index (κ1) is 18.2. The van der Waals surface area contributed by atoms with Gasteiger partial charge < -0.3 is 4.74 Å². The van der Waals surface area contributed by atoms with E-state index in [1.165, 1.54) is 4.90 Å². The molecule has 140 valence electrons. The molecule has 0 fully saturated rings. The van der Waals surface area contributed by atoms with Crippen LogP contribution in [0.1, 0.15) is 0 Å². The van der Waals surface area contributed by atoms with Crippen molar-refractivity contribution in [1.29, 1.82) is 0 Å². The van der Waals surface area contributed by atoms with Gasteiger partial charge in [0.15, 0.2) is 0 Å². The number of nitrogens with zero attached hydrogens (tertiary/aromatic N) is 2. The van der Waals surface area contributed by atoms with E-state index in [1.807, 2.05) is 83.5 Å². The van der Waals surface area contributed by atoms with Gasteiger partial charge >= 0.3 is 0 Å². The molecular formula is C23H20N2O2S. The Labute approximate surface area is 168 Å². The van der Waals surface area contributed by atoms with Crippen molar-refractivity contribution < 1.29 is 4.74 Å². The largest absolute Gasteiger partial charge is 0.477 e. The molecule has 0 saturated carbocycles. The monoisotopic (exact) mass is 388 g/mol. The van der Waals surface area contributed by atoms with Crippen LogP contribution in [0.25, 0.3) is 11.4 Å². The summed E-state index contributed by atoms with van der Waals surface area (Å²) in [5.41, 5.74) is 1.55. The topological polar surface area (TPSA) is 36.2 Å². The van der Waals surface area contributed by atoms with Crippen molar-refractivity contribution in [2.45, 2.75) is 4.90 Å². The number of hydrogen-bond donors (Lipinski definition) is 0. The van der Waals surface area contributed by atoms with Gasteiger partial charge in [0.25, 0.3) is 5.56 Å². The molecular weight excluding hydrogens is 368 g/mol. The molecule has 4 aromatic rings. The number of aromatic nitrogens is 2. The molecule has 0 amide bonds. The lowest BCUT2D eigenvalue weighted by atomic mass is 10.3. The molecule has 28 heavy (non-hydrogen) atoms. The Kier molecular flexibility index (Phi) is 5.64. The summed E-state index contributed by atoms with van der Waals surface area (Å²) in [4.78, 5) is 13.9. The molecule has 1 aromatic heterocycles. The number of para-hydroxylation sites is 2. The highest BCUT2D eigenvalue weighted by Gasteiger charge is 2.15. The molecule has 0 saturated heterocycles. The van der Waals surface area contributed by atoms with Gasteiger partial charge in [-0.2, -0.15) is 0 Å². The number of thioether (sulfide) groups is 1. The first-order chi connectivity index (χ1) is 13.8. The molecule has 0 bridgehead atoms.